The highest BCUT2D eigenvalue weighted by Crippen LogP contribution is 2.66. The Morgan fingerprint density at radius 3 is 2.50 bits per heavy atom. The number of aliphatic hydroxyl groups is 1. The quantitative estimate of drug-likeness (QED) is 0.665. The standard InChI is InChI=1S/C26H37NO3/c1-24(2)20-4-3-18(28)8-19(20)23-21(29)6-17(7-22(23)30-24)26-11-15-5-16(12-26)10-25(9-15,13-26)14-27/h6-7,15-16,18-20,28-29H,3-5,8-14,27H2,1-2H3/t15?,16?,18-,19-,20-,25?,26?/m1/s1. The Labute approximate surface area is 180 Å². The van der Waals surface area contributed by atoms with E-state index in [0.717, 1.165) is 55.4 Å². The minimum absolute atomic E-state index is 0.145. The molecule has 6 aliphatic rings. The first-order valence-corrected chi connectivity index (χ1v) is 12.2. The first kappa shape index (κ1) is 19.4. The summed E-state index contributed by atoms with van der Waals surface area (Å²) < 4.78 is 6.59. The van der Waals surface area contributed by atoms with Gasteiger partial charge in [0, 0.05) is 17.4 Å². The number of aromatic hydroxyl groups is 1. The molecule has 4 N–H and O–H groups in total. The smallest absolute Gasteiger partial charge is 0.127 e. The molecular formula is C26H37NO3. The van der Waals surface area contributed by atoms with Crippen molar-refractivity contribution in [2.24, 2.45) is 28.9 Å². The summed E-state index contributed by atoms with van der Waals surface area (Å²) in [5.41, 5.74) is 8.72. The van der Waals surface area contributed by atoms with Crippen molar-refractivity contribution < 1.29 is 14.9 Å². The molecule has 5 aliphatic carbocycles. The van der Waals surface area contributed by atoms with Crippen molar-refractivity contribution in [1.82, 2.24) is 0 Å². The summed E-state index contributed by atoms with van der Waals surface area (Å²) in [5, 5.41) is 21.6. The van der Waals surface area contributed by atoms with Crippen LogP contribution in [0.15, 0.2) is 12.1 Å². The van der Waals surface area contributed by atoms with Gasteiger partial charge in [0.1, 0.15) is 17.1 Å². The lowest BCUT2D eigenvalue weighted by Gasteiger charge is -2.62. The van der Waals surface area contributed by atoms with Crippen molar-refractivity contribution in [2.45, 2.75) is 94.7 Å². The summed E-state index contributed by atoms with van der Waals surface area (Å²) in [6.07, 6.45) is 9.81. The minimum atomic E-state index is -0.278. The molecule has 4 nitrogen and oxygen atoms in total. The molecule has 1 aromatic carbocycles. The van der Waals surface area contributed by atoms with Crippen molar-refractivity contribution in [1.29, 1.82) is 0 Å². The molecule has 2 unspecified atom stereocenters. The molecular weight excluding hydrogens is 374 g/mol. The van der Waals surface area contributed by atoms with E-state index in [4.69, 9.17) is 10.5 Å². The third-order valence-electron chi connectivity index (χ3n) is 9.81. The fourth-order valence-corrected chi connectivity index (χ4v) is 9.06. The number of hydrogen-bond donors (Lipinski definition) is 3. The molecule has 4 bridgehead atoms. The number of benzene rings is 1. The van der Waals surface area contributed by atoms with Gasteiger partial charge in [0.05, 0.1) is 6.10 Å². The molecule has 0 aromatic heterocycles. The molecule has 164 valence electrons. The maximum Gasteiger partial charge on any atom is 0.127 e. The van der Waals surface area contributed by atoms with Crippen LogP contribution in [0.2, 0.25) is 0 Å². The van der Waals surface area contributed by atoms with E-state index in [-0.39, 0.29) is 23.0 Å². The zero-order valence-corrected chi connectivity index (χ0v) is 18.5. The van der Waals surface area contributed by atoms with Crippen LogP contribution in [0.5, 0.6) is 11.5 Å². The van der Waals surface area contributed by atoms with Crippen LogP contribution in [0.1, 0.15) is 88.7 Å². The molecule has 5 atom stereocenters. The fraction of sp³-hybridized carbons (Fsp3) is 0.769. The van der Waals surface area contributed by atoms with Crippen molar-refractivity contribution in [3.05, 3.63) is 23.3 Å². The van der Waals surface area contributed by atoms with E-state index in [1.54, 1.807) is 0 Å². The van der Waals surface area contributed by atoms with E-state index in [9.17, 15) is 10.2 Å². The summed E-state index contributed by atoms with van der Waals surface area (Å²) in [5.74, 6) is 3.33. The monoisotopic (exact) mass is 411 g/mol. The Morgan fingerprint density at radius 2 is 1.80 bits per heavy atom. The number of phenols is 1. The molecule has 7 rings (SSSR count). The number of fused-ring (bicyclic) bond motifs is 3. The van der Waals surface area contributed by atoms with Gasteiger partial charge < -0.3 is 20.7 Å². The van der Waals surface area contributed by atoms with Gasteiger partial charge >= 0.3 is 0 Å². The molecule has 4 heteroatoms. The maximum absolute atomic E-state index is 11.3. The van der Waals surface area contributed by atoms with Gasteiger partial charge in [-0.15, -0.1) is 0 Å². The number of ether oxygens (including phenoxy) is 1. The highest BCUT2D eigenvalue weighted by atomic mass is 16.5. The molecule has 1 heterocycles. The molecule has 0 spiro atoms. The topological polar surface area (TPSA) is 75.7 Å². The Hall–Kier alpha value is -1.26. The van der Waals surface area contributed by atoms with Crippen LogP contribution in [0, 0.1) is 23.2 Å². The normalized spacial score (nSPS) is 45.5. The van der Waals surface area contributed by atoms with Crippen LogP contribution in [0.4, 0.5) is 0 Å². The molecule has 5 saturated carbocycles. The van der Waals surface area contributed by atoms with Crippen molar-refractivity contribution in [3.63, 3.8) is 0 Å². The molecule has 0 amide bonds. The molecule has 5 fully saturated rings. The fourth-order valence-electron chi connectivity index (χ4n) is 9.06. The molecule has 0 radical (unpaired) electrons. The van der Waals surface area contributed by atoms with E-state index < -0.39 is 0 Å². The molecule has 1 aliphatic heterocycles. The summed E-state index contributed by atoms with van der Waals surface area (Å²) in [6, 6.07) is 4.33. The lowest BCUT2D eigenvalue weighted by Crippen LogP contribution is -2.56. The predicted molar refractivity (Wildman–Crippen MR) is 117 cm³/mol. The van der Waals surface area contributed by atoms with Gasteiger partial charge in [-0.25, -0.2) is 0 Å². The number of rotatable bonds is 2. The van der Waals surface area contributed by atoms with Gasteiger partial charge in [0.25, 0.3) is 0 Å². The first-order valence-electron chi connectivity index (χ1n) is 12.2. The Balaban J connectivity index is 1.44. The van der Waals surface area contributed by atoms with E-state index in [2.05, 4.69) is 26.0 Å². The highest BCUT2D eigenvalue weighted by molar-refractivity contribution is 5.54. The first-order chi connectivity index (χ1) is 14.2. The van der Waals surface area contributed by atoms with Crippen LogP contribution in [-0.2, 0) is 5.41 Å². The largest absolute Gasteiger partial charge is 0.508 e. The van der Waals surface area contributed by atoms with Gasteiger partial charge in [-0.1, -0.05) is 0 Å². The van der Waals surface area contributed by atoms with Crippen molar-refractivity contribution >= 4 is 0 Å². The second-order valence-corrected chi connectivity index (χ2v) is 12.2. The van der Waals surface area contributed by atoms with Crippen molar-refractivity contribution in [2.75, 3.05) is 6.54 Å². The lowest BCUT2D eigenvalue weighted by atomic mass is 9.43. The molecule has 1 aromatic rings. The third kappa shape index (κ3) is 2.65. The second kappa shape index (κ2) is 6.16. The van der Waals surface area contributed by atoms with Crippen LogP contribution < -0.4 is 10.5 Å². The molecule has 0 saturated heterocycles. The zero-order valence-electron chi connectivity index (χ0n) is 18.5. The Bertz CT molecular complexity index is 863. The van der Waals surface area contributed by atoms with Crippen molar-refractivity contribution in [3.8, 4) is 11.5 Å². The van der Waals surface area contributed by atoms with Gasteiger partial charge in [0.15, 0.2) is 0 Å². The van der Waals surface area contributed by atoms with Crippen LogP contribution >= 0.6 is 0 Å². The summed E-state index contributed by atoms with van der Waals surface area (Å²) in [6.45, 7) is 5.16. The maximum atomic E-state index is 11.3. The summed E-state index contributed by atoms with van der Waals surface area (Å²) in [4.78, 5) is 0. The lowest BCUT2D eigenvalue weighted by molar-refractivity contribution is -0.0673. The van der Waals surface area contributed by atoms with E-state index in [0.29, 0.717) is 17.1 Å². The average Bonchev–Trinajstić information content (AvgIpc) is 2.65. The van der Waals surface area contributed by atoms with Gasteiger partial charge in [-0.2, -0.15) is 0 Å². The van der Waals surface area contributed by atoms with Crippen LogP contribution in [-0.4, -0.2) is 28.5 Å². The Morgan fingerprint density at radius 1 is 1.07 bits per heavy atom. The highest BCUT2D eigenvalue weighted by Gasteiger charge is 2.58. The number of nitrogens with two attached hydrogens (primary N) is 1. The van der Waals surface area contributed by atoms with E-state index in [1.807, 2.05) is 0 Å². The second-order valence-electron chi connectivity index (χ2n) is 12.2. The average molecular weight is 412 g/mol. The summed E-state index contributed by atoms with van der Waals surface area (Å²) in [7, 11) is 0. The Kier molecular flexibility index (Phi) is 3.99. The number of aliphatic hydroxyl groups excluding tert-OH is 1. The zero-order chi connectivity index (χ0) is 20.9. The summed E-state index contributed by atoms with van der Waals surface area (Å²) >= 11 is 0. The van der Waals surface area contributed by atoms with Gasteiger partial charge in [0.2, 0.25) is 0 Å². The van der Waals surface area contributed by atoms with E-state index in [1.165, 1.54) is 37.7 Å². The SMILES string of the molecule is CC1(C)Oc2cc(C34CC5CC(CC(CN)(C5)C3)C4)cc(O)c2[C@@H]2C[C@H](O)CC[C@H]21. The minimum Gasteiger partial charge on any atom is -0.508 e. The number of phenolic OH excluding ortho intramolecular Hbond substituents is 1. The van der Waals surface area contributed by atoms with Gasteiger partial charge in [-0.3, -0.25) is 0 Å². The van der Waals surface area contributed by atoms with Crippen LogP contribution in [0.3, 0.4) is 0 Å². The van der Waals surface area contributed by atoms with Crippen LogP contribution in [0.25, 0.3) is 0 Å². The van der Waals surface area contributed by atoms with Gasteiger partial charge in [-0.05, 0) is 119 Å². The predicted octanol–water partition coefficient (Wildman–Crippen LogP) is 4.60. The molecule has 30 heavy (non-hydrogen) atoms. The van der Waals surface area contributed by atoms with E-state index >= 15 is 0 Å². The number of hydrogen-bond acceptors (Lipinski definition) is 4. The third-order valence-corrected chi connectivity index (χ3v) is 9.81.